The van der Waals surface area contributed by atoms with E-state index in [1.807, 2.05) is 6.92 Å². The van der Waals surface area contributed by atoms with Crippen LogP contribution in [0.15, 0.2) is 34.1 Å². The van der Waals surface area contributed by atoms with Crippen molar-refractivity contribution < 1.29 is 25.3 Å². The van der Waals surface area contributed by atoms with Crippen molar-refractivity contribution in [1.29, 1.82) is 0 Å². The summed E-state index contributed by atoms with van der Waals surface area (Å²) in [5.41, 5.74) is 0. The summed E-state index contributed by atoms with van der Waals surface area (Å²) in [6.07, 6.45) is 2.90. The van der Waals surface area contributed by atoms with Gasteiger partial charge in [-0.2, -0.15) is 12.9 Å². The van der Waals surface area contributed by atoms with Crippen LogP contribution in [0.1, 0.15) is 19.8 Å². The van der Waals surface area contributed by atoms with E-state index in [9.17, 15) is 25.3 Å². The third-order valence-corrected chi connectivity index (χ3v) is 10.5. The quantitative estimate of drug-likeness (QED) is 0.621. The molecular weight excluding hydrogens is 438 g/mol. The largest absolute Gasteiger partial charge is 0.243 e. The summed E-state index contributed by atoms with van der Waals surface area (Å²) in [5, 5.41) is 0. The van der Waals surface area contributed by atoms with Gasteiger partial charge in [0.1, 0.15) is 0 Å². The summed E-state index contributed by atoms with van der Waals surface area (Å²) >= 11 is 0. The van der Waals surface area contributed by atoms with Crippen molar-refractivity contribution in [3.8, 4) is 0 Å². The molecule has 164 valence electrons. The van der Waals surface area contributed by atoms with Crippen LogP contribution in [-0.2, 0) is 30.1 Å². The van der Waals surface area contributed by atoms with Crippen LogP contribution in [0, 0.1) is 5.92 Å². The van der Waals surface area contributed by atoms with Gasteiger partial charge in [0.25, 0.3) is 0 Å². The highest BCUT2D eigenvalue weighted by atomic mass is 32.2. The SMILES string of the molecule is C[C@@H]1CCCN(S(=O)(=O)c2ccc(S(=O)(=O)N3CCN(S(C)(=O)=O)CC3)cc2)C1. The molecule has 12 heteroatoms. The molecule has 0 bridgehead atoms. The lowest BCUT2D eigenvalue weighted by Gasteiger charge is -2.32. The molecule has 0 N–H and O–H groups in total. The van der Waals surface area contributed by atoms with Gasteiger partial charge in [-0.05, 0) is 43.0 Å². The van der Waals surface area contributed by atoms with Gasteiger partial charge in [-0.25, -0.2) is 25.3 Å². The minimum Gasteiger partial charge on any atom is -0.213 e. The van der Waals surface area contributed by atoms with Gasteiger partial charge in [0.15, 0.2) is 0 Å². The van der Waals surface area contributed by atoms with E-state index in [4.69, 9.17) is 0 Å². The molecule has 9 nitrogen and oxygen atoms in total. The Hall–Kier alpha value is -1.05. The molecule has 0 aliphatic carbocycles. The summed E-state index contributed by atoms with van der Waals surface area (Å²) in [4.78, 5) is 0.0729. The van der Waals surface area contributed by atoms with Gasteiger partial charge in [0.05, 0.1) is 16.0 Å². The van der Waals surface area contributed by atoms with E-state index in [2.05, 4.69) is 0 Å². The van der Waals surface area contributed by atoms with Crippen molar-refractivity contribution >= 4 is 30.1 Å². The molecule has 1 atom stereocenters. The molecule has 2 heterocycles. The molecule has 29 heavy (non-hydrogen) atoms. The van der Waals surface area contributed by atoms with E-state index >= 15 is 0 Å². The minimum absolute atomic E-state index is 0.00346. The van der Waals surface area contributed by atoms with E-state index in [1.54, 1.807) is 0 Å². The number of piperazine rings is 1. The first-order valence-electron chi connectivity index (χ1n) is 9.48. The Kier molecular flexibility index (Phi) is 6.42. The molecule has 1 aromatic rings. The Balaban J connectivity index is 1.76. The molecule has 0 saturated carbocycles. The molecule has 0 spiro atoms. The van der Waals surface area contributed by atoms with Crippen LogP contribution in [0.25, 0.3) is 0 Å². The topological polar surface area (TPSA) is 112 Å². The van der Waals surface area contributed by atoms with Gasteiger partial charge in [0.2, 0.25) is 30.1 Å². The van der Waals surface area contributed by atoms with E-state index in [0.29, 0.717) is 19.0 Å². The number of benzene rings is 1. The summed E-state index contributed by atoms with van der Waals surface area (Å²) in [7, 11) is -10.8. The molecule has 2 fully saturated rings. The average molecular weight is 466 g/mol. The molecule has 3 rings (SSSR count). The number of hydrogen-bond donors (Lipinski definition) is 0. The fourth-order valence-electron chi connectivity index (χ4n) is 3.69. The second-order valence-electron chi connectivity index (χ2n) is 7.65. The van der Waals surface area contributed by atoms with E-state index in [1.165, 1.54) is 37.2 Å². The highest BCUT2D eigenvalue weighted by Gasteiger charge is 2.32. The molecule has 0 aromatic heterocycles. The van der Waals surface area contributed by atoms with Crippen LogP contribution >= 0.6 is 0 Å². The summed E-state index contributed by atoms with van der Waals surface area (Å²) < 4.78 is 78.5. The second kappa shape index (κ2) is 8.23. The summed E-state index contributed by atoms with van der Waals surface area (Å²) in [6, 6.07) is 5.26. The Morgan fingerprint density at radius 1 is 0.724 bits per heavy atom. The zero-order chi connectivity index (χ0) is 21.4. The minimum atomic E-state index is -3.82. The number of piperidine rings is 1. The Morgan fingerprint density at radius 3 is 1.62 bits per heavy atom. The maximum Gasteiger partial charge on any atom is 0.243 e. The van der Waals surface area contributed by atoms with Gasteiger partial charge in [-0.1, -0.05) is 6.92 Å². The normalized spacial score (nSPS) is 23.9. The second-order valence-corrected chi connectivity index (χ2v) is 13.5. The Morgan fingerprint density at radius 2 is 1.17 bits per heavy atom. The zero-order valence-electron chi connectivity index (χ0n) is 16.6. The number of nitrogens with zero attached hydrogens (tertiary/aromatic N) is 3. The average Bonchev–Trinajstić information content (AvgIpc) is 2.67. The Labute approximate surface area is 173 Å². The van der Waals surface area contributed by atoms with Crippen LogP contribution in [-0.4, -0.2) is 83.7 Å². The van der Waals surface area contributed by atoms with Gasteiger partial charge in [-0.15, -0.1) is 0 Å². The van der Waals surface area contributed by atoms with Crippen molar-refractivity contribution in [2.75, 3.05) is 45.5 Å². The highest BCUT2D eigenvalue weighted by molar-refractivity contribution is 7.89. The monoisotopic (exact) mass is 465 g/mol. The predicted octanol–water partition coefficient (Wildman–Crippen LogP) is 0.373. The van der Waals surface area contributed by atoms with Crippen LogP contribution in [0.4, 0.5) is 0 Å². The maximum absolute atomic E-state index is 12.8. The van der Waals surface area contributed by atoms with Crippen molar-refractivity contribution in [2.24, 2.45) is 5.92 Å². The van der Waals surface area contributed by atoms with Crippen LogP contribution in [0.2, 0.25) is 0 Å². The lowest BCUT2D eigenvalue weighted by Crippen LogP contribution is -2.50. The molecule has 2 saturated heterocycles. The first-order valence-corrected chi connectivity index (χ1v) is 14.2. The molecule has 0 radical (unpaired) electrons. The van der Waals surface area contributed by atoms with E-state index in [-0.39, 0.29) is 36.0 Å². The standard InChI is InChI=1S/C17H27N3O6S3/c1-15-4-3-9-20(14-15)29(25,26)17-7-5-16(6-8-17)28(23,24)19-12-10-18(11-13-19)27(2,21)22/h5-8,15H,3-4,9-14H2,1-2H3/t15-/m1/s1. The smallest absolute Gasteiger partial charge is 0.213 e. The third-order valence-electron chi connectivity index (χ3n) is 5.39. The van der Waals surface area contributed by atoms with Crippen LogP contribution in [0.3, 0.4) is 0 Å². The molecule has 2 aliphatic heterocycles. The number of rotatable bonds is 5. The number of sulfonamides is 3. The zero-order valence-corrected chi connectivity index (χ0v) is 19.0. The van der Waals surface area contributed by atoms with Crippen molar-refractivity contribution in [3.63, 3.8) is 0 Å². The number of hydrogen-bond acceptors (Lipinski definition) is 6. The lowest BCUT2D eigenvalue weighted by molar-refractivity contribution is 0.274. The molecular formula is C17H27N3O6S3. The fraction of sp³-hybridized carbons (Fsp3) is 0.647. The summed E-state index contributed by atoms with van der Waals surface area (Å²) in [5.74, 6) is 0.295. The van der Waals surface area contributed by atoms with Gasteiger partial charge < -0.3 is 0 Å². The van der Waals surface area contributed by atoms with Crippen molar-refractivity contribution in [1.82, 2.24) is 12.9 Å². The first kappa shape index (κ1) is 22.6. The highest BCUT2D eigenvalue weighted by Crippen LogP contribution is 2.25. The van der Waals surface area contributed by atoms with Crippen molar-refractivity contribution in [3.05, 3.63) is 24.3 Å². The lowest BCUT2D eigenvalue weighted by atomic mass is 10.0. The third kappa shape index (κ3) is 4.83. The summed E-state index contributed by atoms with van der Waals surface area (Å²) in [6.45, 7) is 3.25. The van der Waals surface area contributed by atoms with Gasteiger partial charge >= 0.3 is 0 Å². The fourth-order valence-corrected chi connectivity index (χ4v) is 7.54. The Bertz CT molecular complexity index is 1040. The van der Waals surface area contributed by atoms with Crippen LogP contribution in [0.5, 0.6) is 0 Å². The van der Waals surface area contributed by atoms with E-state index < -0.39 is 30.1 Å². The van der Waals surface area contributed by atoms with Crippen LogP contribution < -0.4 is 0 Å². The molecule has 0 unspecified atom stereocenters. The van der Waals surface area contributed by atoms with E-state index in [0.717, 1.165) is 19.1 Å². The molecule has 2 aliphatic rings. The molecule has 0 amide bonds. The first-order chi connectivity index (χ1) is 13.4. The van der Waals surface area contributed by atoms with Gasteiger partial charge in [-0.3, -0.25) is 0 Å². The molecule has 1 aromatic carbocycles. The van der Waals surface area contributed by atoms with Crippen molar-refractivity contribution in [2.45, 2.75) is 29.6 Å². The maximum atomic E-state index is 12.8. The van der Waals surface area contributed by atoms with Gasteiger partial charge in [0, 0.05) is 39.3 Å². The predicted molar refractivity (Wildman–Crippen MR) is 109 cm³/mol.